The van der Waals surface area contributed by atoms with Crippen LogP contribution in [0.25, 0.3) is 0 Å². The molecule has 4 heteroatoms. The first kappa shape index (κ1) is 12.1. The Morgan fingerprint density at radius 3 is 2.75 bits per heavy atom. The van der Waals surface area contributed by atoms with Crippen molar-refractivity contribution in [2.45, 2.75) is 13.0 Å². The molecule has 0 radical (unpaired) electrons. The summed E-state index contributed by atoms with van der Waals surface area (Å²) in [7, 11) is 0. The molecule has 1 unspecified atom stereocenters. The van der Waals surface area contributed by atoms with Crippen molar-refractivity contribution in [3.05, 3.63) is 55.1 Å². The Morgan fingerprint density at radius 2 is 2.12 bits per heavy atom. The first-order chi connectivity index (χ1) is 7.61. The minimum atomic E-state index is -0.648. The van der Waals surface area contributed by atoms with Crippen molar-refractivity contribution in [3.63, 3.8) is 0 Å². The van der Waals surface area contributed by atoms with Gasteiger partial charge in [0.2, 0.25) is 0 Å². The van der Waals surface area contributed by atoms with Gasteiger partial charge in [-0.3, -0.25) is 0 Å². The molecule has 0 amide bonds. The summed E-state index contributed by atoms with van der Waals surface area (Å²) in [5, 5.41) is 12.8. The van der Waals surface area contributed by atoms with Gasteiger partial charge in [0.1, 0.15) is 6.10 Å². The van der Waals surface area contributed by atoms with Gasteiger partial charge in [0, 0.05) is 4.47 Å². The maximum atomic E-state index is 10.3. The molecule has 1 aromatic carbocycles. The molecule has 16 heavy (non-hydrogen) atoms. The average molecular weight is 318 g/mol. The summed E-state index contributed by atoms with van der Waals surface area (Å²) >= 11 is 10.9. The Balaban J connectivity index is 2.46. The monoisotopic (exact) mass is 316 g/mol. The second-order valence-electron chi connectivity index (χ2n) is 3.49. The van der Waals surface area contributed by atoms with Gasteiger partial charge in [-0.05, 0) is 35.6 Å². The van der Waals surface area contributed by atoms with Crippen LogP contribution < -0.4 is 0 Å². The van der Waals surface area contributed by atoms with E-state index in [1.807, 2.05) is 30.5 Å². The van der Waals surface area contributed by atoms with Gasteiger partial charge in [-0.25, -0.2) is 0 Å². The zero-order chi connectivity index (χ0) is 11.7. The van der Waals surface area contributed by atoms with Crippen LogP contribution in [0.3, 0.4) is 0 Å². The molecule has 0 saturated carbocycles. The lowest BCUT2D eigenvalue weighted by molar-refractivity contribution is 0.223. The summed E-state index contributed by atoms with van der Waals surface area (Å²) < 4.78 is 0.997. The predicted molar refractivity (Wildman–Crippen MR) is 72.3 cm³/mol. The van der Waals surface area contributed by atoms with Crippen molar-refractivity contribution < 1.29 is 5.11 Å². The van der Waals surface area contributed by atoms with E-state index in [4.69, 9.17) is 11.6 Å². The highest BCUT2D eigenvalue weighted by Gasteiger charge is 2.17. The highest BCUT2D eigenvalue weighted by atomic mass is 79.9. The lowest BCUT2D eigenvalue weighted by Gasteiger charge is -2.13. The molecule has 2 rings (SSSR count). The molecule has 0 fully saturated rings. The molecule has 1 heterocycles. The maximum absolute atomic E-state index is 10.3. The van der Waals surface area contributed by atoms with E-state index in [0.717, 1.165) is 20.5 Å². The third-order valence-corrected chi connectivity index (χ3v) is 4.77. The second-order valence-corrected chi connectivity index (χ2v) is 5.70. The molecule has 84 valence electrons. The van der Waals surface area contributed by atoms with Gasteiger partial charge in [0.05, 0.1) is 9.90 Å². The number of halogens is 2. The van der Waals surface area contributed by atoms with E-state index in [9.17, 15) is 5.11 Å². The van der Waals surface area contributed by atoms with Crippen LogP contribution in [-0.2, 0) is 0 Å². The fourth-order valence-corrected chi connectivity index (χ4v) is 3.11. The van der Waals surface area contributed by atoms with E-state index >= 15 is 0 Å². The number of rotatable bonds is 2. The maximum Gasteiger partial charge on any atom is 0.115 e. The fourth-order valence-electron chi connectivity index (χ4n) is 1.56. The van der Waals surface area contributed by atoms with Crippen LogP contribution in [0.2, 0.25) is 5.02 Å². The second kappa shape index (κ2) is 4.88. The van der Waals surface area contributed by atoms with Crippen molar-refractivity contribution in [2.24, 2.45) is 0 Å². The zero-order valence-corrected chi connectivity index (χ0v) is 11.7. The number of aliphatic hydroxyl groups excluding tert-OH is 1. The Morgan fingerprint density at radius 1 is 1.38 bits per heavy atom. The van der Waals surface area contributed by atoms with E-state index in [1.165, 1.54) is 11.3 Å². The predicted octanol–water partition coefficient (Wildman–Crippen LogP) is 4.55. The van der Waals surface area contributed by atoms with Gasteiger partial charge in [-0.15, -0.1) is 11.3 Å². The van der Waals surface area contributed by atoms with Crippen LogP contribution in [0.1, 0.15) is 22.1 Å². The largest absolute Gasteiger partial charge is 0.383 e. The highest BCUT2D eigenvalue weighted by Crippen LogP contribution is 2.35. The van der Waals surface area contributed by atoms with Gasteiger partial charge < -0.3 is 5.11 Å². The lowest BCUT2D eigenvalue weighted by atomic mass is 10.0. The molecule has 0 spiro atoms. The van der Waals surface area contributed by atoms with E-state index in [0.29, 0.717) is 5.02 Å². The smallest absolute Gasteiger partial charge is 0.115 e. The molecule has 0 aliphatic heterocycles. The molecule has 0 aliphatic carbocycles. The van der Waals surface area contributed by atoms with Gasteiger partial charge in [0.15, 0.2) is 0 Å². The first-order valence-corrected chi connectivity index (χ1v) is 6.82. The van der Waals surface area contributed by atoms with Crippen LogP contribution in [0.5, 0.6) is 0 Å². The van der Waals surface area contributed by atoms with E-state index in [1.54, 1.807) is 6.07 Å². The summed E-state index contributed by atoms with van der Waals surface area (Å²) in [6, 6.07) is 7.59. The first-order valence-electron chi connectivity index (χ1n) is 4.77. The normalized spacial score (nSPS) is 12.8. The molecule has 0 saturated heterocycles. The van der Waals surface area contributed by atoms with Crippen molar-refractivity contribution in [1.29, 1.82) is 0 Å². The topological polar surface area (TPSA) is 20.2 Å². The van der Waals surface area contributed by atoms with Crippen molar-refractivity contribution >= 4 is 38.9 Å². The summed E-state index contributed by atoms with van der Waals surface area (Å²) in [6.07, 6.45) is -0.648. The van der Waals surface area contributed by atoms with E-state index in [-0.39, 0.29) is 0 Å². The summed E-state index contributed by atoms with van der Waals surface area (Å²) in [5.74, 6) is 0. The van der Waals surface area contributed by atoms with Crippen LogP contribution in [0.4, 0.5) is 0 Å². The van der Waals surface area contributed by atoms with Gasteiger partial charge in [-0.1, -0.05) is 39.7 Å². The number of hydrogen-bond acceptors (Lipinski definition) is 2. The Labute approximate surface area is 112 Å². The lowest BCUT2D eigenvalue weighted by Crippen LogP contribution is -2.00. The Kier molecular flexibility index (Phi) is 3.70. The summed E-state index contributed by atoms with van der Waals surface area (Å²) in [5.41, 5.74) is 1.93. The number of hydrogen-bond donors (Lipinski definition) is 1. The van der Waals surface area contributed by atoms with Gasteiger partial charge >= 0.3 is 0 Å². The van der Waals surface area contributed by atoms with Gasteiger partial charge in [-0.2, -0.15) is 0 Å². The Bertz CT molecular complexity index is 509. The zero-order valence-electron chi connectivity index (χ0n) is 8.58. The fraction of sp³-hybridized carbons (Fsp3) is 0.167. The molecule has 0 aliphatic rings. The quantitative estimate of drug-likeness (QED) is 0.861. The van der Waals surface area contributed by atoms with Crippen molar-refractivity contribution in [3.8, 4) is 0 Å². The van der Waals surface area contributed by atoms with Gasteiger partial charge in [0.25, 0.3) is 0 Å². The molecule has 1 aromatic heterocycles. The third kappa shape index (κ3) is 2.18. The molecule has 1 N–H and O–H groups in total. The number of benzene rings is 1. The standard InChI is InChI=1S/C12H10BrClOS/c1-7-8(3-2-4-9(7)13)11(15)12-10(14)5-6-16-12/h2-6,11,15H,1H3. The Hall–Kier alpha value is -0.350. The van der Waals surface area contributed by atoms with Crippen LogP contribution in [0, 0.1) is 6.92 Å². The minimum absolute atomic E-state index is 0.622. The van der Waals surface area contributed by atoms with Crippen LogP contribution in [0.15, 0.2) is 34.1 Å². The molecule has 0 bridgehead atoms. The molecular formula is C12H10BrClOS. The molecule has 1 nitrogen and oxygen atoms in total. The number of aliphatic hydroxyl groups is 1. The number of thiophene rings is 1. The highest BCUT2D eigenvalue weighted by molar-refractivity contribution is 9.10. The molecule has 2 aromatic rings. The summed E-state index contributed by atoms with van der Waals surface area (Å²) in [4.78, 5) is 0.794. The van der Waals surface area contributed by atoms with E-state index < -0.39 is 6.10 Å². The van der Waals surface area contributed by atoms with Crippen molar-refractivity contribution in [1.82, 2.24) is 0 Å². The summed E-state index contributed by atoms with van der Waals surface area (Å²) in [6.45, 7) is 1.98. The van der Waals surface area contributed by atoms with E-state index in [2.05, 4.69) is 15.9 Å². The molecular weight excluding hydrogens is 308 g/mol. The van der Waals surface area contributed by atoms with Crippen LogP contribution >= 0.6 is 38.9 Å². The van der Waals surface area contributed by atoms with Crippen molar-refractivity contribution in [2.75, 3.05) is 0 Å². The van der Waals surface area contributed by atoms with Crippen LogP contribution in [-0.4, -0.2) is 5.11 Å². The molecule has 1 atom stereocenters. The minimum Gasteiger partial charge on any atom is -0.383 e. The SMILES string of the molecule is Cc1c(Br)cccc1C(O)c1sccc1Cl. The average Bonchev–Trinajstić information content (AvgIpc) is 2.68. The third-order valence-electron chi connectivity index (χ3n) is 2.50.